The number of hydrogen-bond acceptors (Lipinski definition) is 5. The lowest BCUT2D eigenvalue weighted by Crippen LogP contribution is -2.22. The summed E-state index contributed by atoms with van der Waals surface area (Å²) in [6, 6.07) is 1.39. The number of aromatic nitrogens is 2. The lowest BCUT2D eigenvalue weighted by molar-refractivity contribution is 0.277. The quantitative estimate of drug-likeness (QED) is 0.736. The molecule has 0 aliphatic rings. The Balaban J connectivity index is 2.08. The van der Waals surface area contributed by atoms with Gasteiger partial charge < -0.3 is 10.1 Å². The molecule has 0 saturated heterocycles. The van der Waals surface area contributed by atoms with E-state index in [9.17, 15) is 8.42 Å². The molecule has 0 aromatic carbocycles. The third-order valence-electron chi connectivity index (χ3n) is 2.12. The van der Waals surface area contributed by atoms with Crippen molar-refractivity contribution in [2.45, 2.75) is 18.0 Å². The SMILES string of the molecule is O=S(=O)(NCc1cscn1)c1c[nH]c(CO)c1. The van der Waals surface area contributed by atoms with E-state index in [1.807, 2.05) is 0 Å². The second kappa shape index (κ2) is 4.96. The smallest absolute Gasteiger partial charge is 0.242 e. The van der Waals surface area contributed by atoms with Crippen molar-refractivity contribution in [2.75, 3.05) is 0 Å². The molecule has 0 saturated carbocycles. The summed E-state index contributed by atoms with van der Waals surface area (Å²) < 4.78 is 26.1. The largest absolute Gasteiger partial charge is 0.390 e. The maximum Gasteiger partial charge on any atom is 0.242 e. The fraction of sp³-hybridized carbons (Fsp3) is 0.222. The Bertz CT molecular complexity index is 574. The molecule has 3 N–H and O–H groups in total. The number of rotatable bonds is 5. The average Bonchev–Trinajstić information content (AvgIpc) is 2.98. The number of nitrogens with one attached hydrogen (secondary N) is 2. The van der Waals surface area contributed by atoms with Gasteiger partial charge in [0.2, 0.25) is 10.0 Å². The van der Waals surface area contributed by atoms with Crippen molar-refractivity contribution < 1.29 is 13.5 Å². The predicted molar refractivity (Wildman–Crippen MR) is 62.9 cm³/mol. The summed E-state index contributed by atoms with van der Waals surface area (Å²) in [5.41, 5.74) is 2.78. The second-order valence-electron chi connectivity index (χ2n) is 3.32. The van der Waals surface area contributed by atoms with Gasteiger partial charge in [0.15, 0.2) is 0 Å². The Labute approximate surface area is 102 Å². The zero-order valence-electron chi connectivity index (χ0n) is 8.75. The first-order valence-electron chi connectivity index (χ1n) is 4.77. The summed E-state index contributed by atoms with van der Waals surface area (Å²) in [6.45, 7) is -0.0624. The molecule has 0 spiro atoms. The van der Waals surface area contributed by atoms with E-state index >= 15 is 0 Å². The second-order valence-corrected chi connectivity index (χ2v) is 5.81. The monoisotopic (exact) mass is 273 g/mol. The van der Waals surface area contributed by atoms with Gasteiger partial charge >= 0.3 is 0 Å². The molecule has 2 aromatic heterocycles. The van der Waals surface area contributed by atoms with Crippen LogP contribution in [0.2, 0.25) is 0 Å². The molecule has 0 aliphatic heterocycles. The van der Waals surface area contributed by atoms with Crippen LogP contribution in [-0.4, -0.2) is 23.5 Å². The number of hydrogen-bond donors (Lipinski definition) is 3. The molecule has 17 heavy (non-hydrogen) atoms. The van der Waals surface area contributed by atoms with Crippen LogP contribution < -0.4 is 4.72 Å². The molecule has 6 nitrogen and oxygen atoms in total. The van der Waals surface area contributed by atoms with Gasteiger partial charge in [-0.3, -0.25) is 0 Å². The van der Waals surface area contributed by atoms with Gasteiger partial charge in [0.05, 0.1) is 29.3 Å². The summed E-state index contributed by atoms with van der Waals surface area (Å²) in [5, 5.41) is 10.6. The van der Waals surface area contributed by atoms with Gasteiger partial charge in [-0.15, -0.1) is 11.3 Å². The van der Waals surface area contributed by atoms with Crippen LogP contribution >= 0.6 is 11.3 Å². The molecule has 2 aromatic rings. The highest BCUT2D eigenvalue weighted by Crippen LogP contribution is 2.11. The zero-order valence-corrected chi connectivity index (χ0v) is 10.4. The summed E-state index contributed by atoms with van der Waals surface area (Å²) in [6.07, 6.45) is 1.34. The third kappa shape index (κ3) is 2.91. The topological polar surface area (TPSA) is 95.1 Å². The van der Waals surface area contributed by atoms with Gasteiger partial charge in [0, 0.05) is 17.3 Å². The predicted octanol–water partition coefficient (Wildman–Crippen LogP) is 0.442. The van der Waals surface area contributed by atoms with Gasteiger partial charge in [-0.1, -0.05) is 0 Å². The zero-order chi connectivity index (χ0) is 12.3. The number of aliphatic hydroxyl groups is 1. The molecule has 0 atom stereocenters. The molecular weight excluding hydrogens is 262 g/mol. The first-order valence-corrected chi connectivity index (χ1v) is 7.19. The molecule has 0 amide bonds. The molecule has 2 rings (SSSR count). The highest BCUT2D eigenvalue weighted by Gasteiger charge is 2.15. The molecule has 0 bridgehead atoms. The molecular formula is C9H11N3O3S2. The number of aromatic amines is 1. The normalized spacial score (nSPS) is 11.8. The first kappa shape index (κ1) is 12.2. The Hall–Kier alpha value is -1.22. The Kier molecular flexibility index (Phi) is 3.57. The van der Waals surface area contributed by atoms with Gasteiger partial charge in [0.1, 0.15) is 0 Å². The van der Waals surface area contributed by atoms with Crippen molar-refractivity contribution in [3.05, 3.63) is 34.5 Å². The fourth-order valence-electron chi connectivity index (χ4n) is 1.24. The van der Waals surface area contributed by atoms with Crippen molar-refractivity contribution >= 4 is 21.4 Å². The van der Waals surface area contributed by atoms with Crippen LogP contribution in [0, 0.1) is 0 Å². The molecule has 0 fully saturated rings. The lowest BCUT2D eigenvalue weighted by atomic mass is 10.5. The number of thiazole rings is 1. The lowest BCUT2D eigenvalue weighted by Gasteiger charge is -2.02. The standard InChI is InChI=1S/C9H11N3O3S2/c13-4-7-1-9(3-10-7)17(14,15)12-2-8-5-16-6-11-8/h1,3,5-6,10,12-13H,2,4H2. The molecule has 0 radical (unpaired) electrons. The molecule has 8 heteroatoms. The highest BCUT2D eigenvalue weighted by molar-refractivity contribution is 7.89. The number of sulfonamides is 1. The van der Waals surface area contributed by atoms with Crippen LogP contribution in [0.4, 0.5) is 0 Å². The van der Waals surface area contributed by atoms with Crippen molar-refractivity contribution in [1.29, 1.82) is 0 Å². The van der Waals surface area contributed by atoms with Crippen LogP contribution in [0.15, 0.2) is 28.0 Å². The summed E-state index contributed by atoms with van der Waals surface area (Å²) >= 11 is 1.41. The van der Waals surface area contributed by atoms with E-state index in [1.165, 1.54) is 23.6 Å². The third-order valence-corrected chi connectivity index (χ3v) is 4.14. The van der Waals surface area contributed by atoms with E-state index in [1.54, 1.807) is 10.9 Å². The van der Waals surface area contributed by atoms with Crippen LogP contribution in [0.1, 0.15) is 11.4 Å². The van der Waals surface area contributed by atoms with E-state index in [-0.39, 0.29) is 18.0 Å². The maximum absolute atomic E-state index is 11.8. The van der Waals surface area contributed by atoms with Crippen LogP contribution in [0.25, 0.3) is 0 Å². The van der Waals surface area contributed by atoms with Gasteiger partial charge in [-0.05, 0) is 6.07 Å². The van der Waals surface area contributed by atoms with E-state index in [4.69, 9.17) is 5.11 Å². The van der Waals surface area contributed by atoms with E-state index in [0.717, 1.165) is 0 Å². The Morgan fingerprint density at radius 2 is 2.35 bits per heavy atom. The summed E-state index contributed by atoms with van der Waals surface area (Å²) in [7, 11) is -3.55. The minimum absolute atomic E-state index is 0.108. The molecule has 92 valence electrons. The maximum atomic E-state index is 11.8. The fourth-order valence-corrected chi connectivity index (χ4v) is 2.82. The van der Waals surface area contributed by atoms with Crippen molar-refractivity contribution in [3.63, 3.8) is 0 Å². The van der Waals surface area contributed by atoms with Crippen LogP contribution in [0.5, 0.6) is 0 Å². The van der Waals surface area contributed by atoms with Gasteiger partial charge in [-0.2, -0.15) is 0 Å². The molecule has 0 aliphatic carbocycles. The van der Waals surface area contributed by atoms with Crippen molar-refractivity contribution in [1.82, 2.24) is 14.7 Å². The Morgan fingerprint density at radius 3 is 2.94 bits per heavy atom. The van der Waals surface area contributed by atoms with Crippen LogP contribution in [0.3, 0.4) is 0 Å². The minimum atomic E-state index is -3.55. The van der Waals surface area contributed by atoms with E-state index < -0.39 is 10.0 Å². The van der Waals surface area contributed by atoms with E-state index in [0.29, 0.717) is 11.4 Å². The number of H-pyrrole nitrogens is 1. The molecule has 2 heterocycles. The first-order chi connectivity index (χ1) is 8.12. The average molecular weight is 273 g/mol. The van der Waals surface area contributed by atoms with Gasteiger partial charge in [-0.25, -0.2) is 18.1 Å². The van der Waals surface area contributed by atoms with Crippen LogP contribution in [-0.2, 0) is 23.2 Å². The molecule has 0 unspecified atom stereocenters. The van der Waals surface area contributed by atoms with Gasteiger partial charge in [0.25, 0.3) is 0 Å². The summed E-state index contributed by atoms with van der Waals surface area (Å²) in [4.78, 5) is 6.76. The Morgan fingerprint density at radius 1 is 1.53 bits per heavy atom. The van der Waals surface area contributed by atoms with Crippen molar-refractivity contribution in [2.24, 2.45) is 0 Å². The minimum Gasteiger partial charge on any atom is -0.390 e. The number of aliphatic hydroxyl groups excluding tert-OH is 1. The van der Waals surface area contributed by atoms with Crippen molar-refractivity contribution in [3.8, 4) is 0 Å². The summed E-state index contributed by atoms with van der Waals surface area (Å²) in [5.74, 6) is 0. The number of nitrogens with zero attached hydrogens (tertiary/aromatic N) is 1. The van der Waals surface area contributed by atoms with E-state index in [2.05, 4.69) is 14.7 Å². The highest BCUT2D eigenvalue weighted by atomic mass is 32.2.